The maximum absolute atomic E-state index is 9.13. The van der Waals surface area contributed by atoms with Crippen molar-refractivity contribution in [1.82, 2.24) is 0 Å². The van der Waals surface area contributed by atoms with E-state index in [1.165, 1.54) is 0 Å². The van der Waals surface area contributed by atoms with E-state index in [4.69, 9.17) is 20.3 Å². The summed E-state index contributed by atoms with van der Waals surface area (Å²) in [6.45, 7) is 4.70. The van der Waals surface area contributed by atoms with Gasteiger partial charge in [0.2, 0.25) is 0 Å². The van der Waals surface area contributed by atoms with Crippen LogP contribution < -0.4 is 20.1 Å². The van der Waals surface area contributed by atoms with Crippen molar-refractivity contribution in [2.24, 2.45) is 0 Å². The lowest BCUT2D eigenvalue weighted by Gasteiger charge is -2.30. The molecule has 0 unspecified atom stereocenters. The largest absolute Gasteiger partial charge is 0.493 e. The molecule has 18 heavy (non-hydrogen) atoms. The van der Waals surface area contributed by atoms with Crippen molar-refractivity contribution in [3.8, 4) is 11.5 Å². The predicted octanol–water partition coefficient (Wildman–Crippen LogP) is 1.49. The SMILES string of the molecule is COc1cc(N)c(N(CCO)C(C)C)cc1OC. The van der Waals surface area contributed by atoms with Gasteiger partial charge in [-0.25, -0.2) is 0 Å². The van der Waals surface area contributed by atoms with Gasteiger partial charge in [0.25, 0.3) is 0 Å². The molecule has 0 bridgehead atoms. The highest BCUT2D eigenvalue weighted by molar-refractivity contribution is 5.73. The van der Waals surface area contributed by atoms with Crippen LogP contribution in [0.5, 0.6) is 11.5 Å². The molecule has 1 aromatic carbocycles. The molecule has 0 atom stereocenters. The van der Waals surface area contributed by atoms with Gasteiger partial charge in [0.1, 0.15) is 0 Å². The first-order valence-corrected chi connectivity index (χ1v) is 5.94. The zero-order chi connectivity index (χ0) is 13.7. The summed E-state index contributed by atoms with van der Waals surface area (Å²) >= 11 is 0. The number of ether oxygens (including phenoxy) is 2. The Labute approximate surface area is 108 Å². The predicted molar refractivity (Wildman–Crippen MR) is 73.5 cm³/mol. The van der Waals surface area contributed by atoms with Crippen LogP contribution in [0, 0.1) is 0 Å². The molecule has 0 aliphatic heterocycles. The number of nitrogens with two attached hydrogens (primary N) is 1. The van der Waals surface area contributed by atoms with Gasteiger partial charge in [-0.1, -0.05) is 0 Å². The molecule has 0 spiro atoms. The second kappa shape index (κ2) is 6.35. The van der Waals surface area contributed by atoms with Crippen molar-refractivity contribution in [1.29, 1.82) is 0 Å². The molecule has 0 heterocycles. The lowest BCUT2D eigenvalue weighted by molar-refractivity contribution is 0.299. The van der Waals surface area contributed by atoms with Gasteiger partial charge in [0.05, 0.1) is 32.2 Å². The minimum Gasteiger partial charge on any atom is -0.493 e. The number of anilines is 2. The van der Waals surface area contributed by atoms with Crippen LogP contribution >= 0.6 is 0 Å². The molecular formula is C13H22N2O3. The molecule has 3 N–H and O–H groups in total. The zero-order valence-corrected chi connectivity index (χ0v) is 11.4. The monoisotopic (exact) mass is 254 g/mol. The third kappa shape index (κ3) is 2.98. The van der Waals surface area contributed by atoms with Crippen LogP contribution in [0.15, 0.2) is 12.1 Å². The third-order valence-electron chi connectivity index (χ3n) is 2.81. The molecule has 102 valence electrons. The van der Waals surface area contributed by atoms with E-state index in [-0.39, 0.29) is 12.6 Å². The van der Waals surface area contributed by atoms with E-state index in [0.717, 1.165) is 5.69 Å². The molecule has 5 nitrogen and oxygen atoms in total. The number of methoxy groups -OCH3 is 2. The first-order valence-electron chi connectivity index (χ1n) is 5.94. The number of hydrogen-bond acceptors (Lipinski definition) is 5. The zero-order valence-electron chi connectivity index (χ0n) is 11.4. The summed E-state index contributed by atoms with van der Waals surface area (Å²) in [5.74, 6) is 1.23. The van der Waals surface area contributed by atoms with E-state index in [0.29, 0.717) is 23.7 Å². The summed E-state index contributed by atoms with van der Waals surface area (Å²) in [5, 5.41) is 9.13. The van der Waals surface area contributed by atoms with Crippen molar-refractivity contribution >= 4 is 11.4 Å². The number of benzene rings is 1. The summed E-state index contributed by atoms with van der Waals surface area (Å²) < 4.78 is 10.5. The molecule has 0 fully saturated rings. The van der Waals surface area contributed by atoms with Crippen LogP contribution in [-0.2, 0) is 0 Å². The molecule has 0 saturated heterocycles. The number of aliphatic hydroxyl groups is 1. The molecule has 0 amide bonds. The van der Waals surface area contributed by atoms with Crippen molar-refractivity contribution in [2.75, 3.05) is 38.0 Å². The van der Waals surface area contributed by atoms with E-state index in [1.54, 1.807) is 20.3 Å². The first-order chi connectivity index (χ1) is 8.54. The van der Waals surface area contributed by atoms with Gasteiger partial charge >= 0.3 is 0 Å². The highest BCUT2D eigenvalue weighted by atomic mass is 16.5. The number of aliphatic hydroxyl groups excluding tert-OH is 1. The second-order valence-corrected chi connectivity index (χ2v) is 4.28. The van der Waals surface area contributed by atoms with Gasteiger partial charge in [-0.3, -0.25) is 0 Å². The topological polar surface area (TPSA) is 68.0 Å². The third-order valence-corrected chi connectivity index (χ3v) is 2.81. The molecule has 5 heteroatoms. The van der Waals surface area contributed by atoms with Gasteiger partial charge < -0.3 is 25.2 Å². The highest BCUT2D eigenvalue weighted by Gasteiger charge is 2.16. The average Bonchev–Trinajstić information content (AvgIpc) is 2.35. The smallest absolute Gasteiger partial charge is 0.162 e. The Morgan fingerprint density at radius 3 is 2.22 bits per heavy atom. The van der Waals surface area contributed by atoms with E-state index in [2.05, 4.69) is 0 Å². The Kier molecular flexibility index (Phi) is 5.09. The van der Waals surface area contributed by atoms with Crippen molar-refractivity contribution < 1.29 is 14.6 Å². The second-order valence-electron chi connectivity index (χ2n) is 4.28. The minimum atomic E-state index is 0.0754. The number of nitrogens with zero attached hydrogens (tertiary/aromatic N) is 1. The molecule has 0 saturated carbocycles. The summed E-state index contributed by atoms with van der Waals surface area (Å²) in [6, 6.07) is 3.81. The molecule has 0 aromatic heterocycles. The van der Waals surface area contributed by atoms with Gasteiger partial charge in [-0.2, -0.15) is 0 Å². The normalized spacial score (nSPS) is 10.6. The van der Waals surface area contributed by atoms with E-state index in [1.807, 2.05) is 24.8 Å². The van der Waals surface area contributed by atoms with Crippen LogP contribution in [0.2, 0.25) is 0 Å². The van der Waals surface area contributed by atoms with Crippen LogP contribution in [0.4, 0.5) is 11.4 Å². The fraction of sp³-hybridized carbons (Fsp3) is 0.538. The number of hydrogen-bond donors (Lipinski definition) is 2. The van der Waals surface area contributed by atoms with Crippen LogP contribution in [0.1, 0.15) is 13.8 Å². The Bertz CT molecular complexity index is 394. The first kappa shape index (κ1) is 14.4. The fourth-order valence-corrected chi connectivity index (χ4v) is 1.90. The van der Waals surface area contributed by atoms with Crippen molar-refractivity contribution in [2.45, 2.75) is 19.9 Å². The Morgan fingerprint density at radius 1 is 1.22 bits per heavy atom. The van der Waals surface area contributed by atoms with E-state index < -0.39 is 0 Å². The van der Waals surface area contributed by atoms with Crippen molar-refractivity contribution in [3.05, 3.63) is 12.1 Å². The molecule has 0 radical (unpaired) electrons. The summed E-state index contributed by atoms with van der Waals surface area (Å²) in [7, 11) is 3.16. The standard InChI is InChI=1S/C13H22N2O3/c1-9(2)15(5-6-16)11-8-13(18-4)12(17-3)7-10(11)14/h7-9,16H,5-6,14H2,1-4H3. The van der Waals surface area contributed by atoms with Crippen LogP contribution in [-0.4, -0.2) is 38.5 Å². The molecule has 1 aromatic rings. The molecular weight excluding hydrogens is 232 g/mol. The van der Waals surface area contributed by atoms with Gasteiger partial charge in [0, 0.05) is 24.7 Å². The lowest BCUT2D eigenvalue weighted by atomic mass is 10.2. The van der Waals surface area contributed by atoms with Gasteiger partial charge in [-0.15, -0.1) is 0 Å². The lowest BCUT2D eigenvalue weighted by Crippen LogP contribution is -2.34. The minimum absolute atomic E-state index is 0.0754. The Morgan fingerprint density at radius 2 is 1.78 bits per heavy atom. The van der Waals surface area contributed by atoms with Gasteiger partial charge in [-0.05, 0) is 13.8 Å². The Balaban J connectivity index is 3.21. The van der Waals surface area contributed by atoms with E-state index in [9.17, 15) is 0 Å². The van der Waals surface area contributed by atoms with E-state index >= 15 is 0 Å². The molecule has 0 aliphatic carbocycles. The number of nitrogen functional groups attached to an aromatic ring is 1. The summed E-state index contributed by atoms with van der Waals surface area (Å²) in [6.07, 6.45) is 0. The molecule has 0 aliphatic rings. The summed E-state index contributed by atoms with van der Waals surface area (Å²) in [4.78, 5) is 2.03. The van der Waals surface area contributed by atoms with Crippen LogP contribution in [0.25, 0.3) is 0 Å². The quantitative estimate of drug-likeness (QED) is 0.753. The average molecular weight is 254 g/mol. The van der Waals surface area contributed by atoms with Gasteiger partial charge in [0.15, 0.2) is 11.5 Å². The summed E-state index contributed by atoms with van der Waals surface area (Å²) in [5.41, 5.74) is 7.48. The molecule has 1 rings (SSSR count). The Hall–Kier alpha value is -1.62. The van der Waals surface area contributed by atoms with Crippen molar-refractivity contribution in [3.63, 3.8) is 0 Å². The number of rotatable bonds is 6. The maximum atomic E-state index is 9.13. The highest BCUT2D eigenvalue weighted by Crippen LogP contribution is 2.37. The fourth-order valence-electron chi connectivity index (χ4n) is 1.90. The van der Waals surface area contributed by atoms with Crippen LogP contribution in [0.3, 0.4) is 0 Å². The maximum Gasteiger partial charge on any atom is 0.162 e.